The van der Waals surface area contributed by atoms with Crippen molar-refractivity contribution in [3.05, 3.63) is 34.1 Å². The molecule has 0 aliphatic carbocycles. The molecule has 1 aromatic rings. The topological polar surface area (TPSA) is 20.2 Å². The Labute approximate surface area is 77.2 Å². The monoisotopic (exact) mass is 236 g/mol. The maximum absolute atomic E-state index is 12.8. The lowest BCUT2D eigenvalue weighted by atomic mass is 10.1. The number of halogens is 3. The molecule has 1 atom stereocenters. The second-order valence-electron chi connectivity index (χ2n) is 2.34. The number of alkyl halides is 1. The Balaban J connectivity index is 2.96. The van der Waals surface area contributed by atoms with Gasteiger partial charge in [0.15, 0.2) is 0 Å². The molecule has 4 heteroatoms. The Hall–Kier alpha value is -0.480. The molecule has 1 aromatic carbocycles. The van der Waals surface area contributed by atoms with E-state index in [1.807, 2.05) is 0 Å². The van der Waals surface area contributed by atoms with E-state index in [-0.39, 0.29) is 5.56 Å². The Bertz CT molecular complexity index is 278. The van der Waals surface area contributed by atoms with Gasteiger partial charge in [-0.3, -0.25) is 0 Å². The molecule has 12 heavy (non-hydrogen) atoms. The normalized spacial score (nSPS) is 13.0. The van der Waals surface area contributed by atoms with Crippen LogP contribution >= 0.6 is 15.9 Å². The Morgan fingerprint density at radius 3 is 2.67 bits per heavy atom. The molecule has 66 valence electrons. The zero-order valence-corrected chi connectivity index (χ0v) is 7.68. The van der Waals surface area contributed by atoms with Crippen molar-refractivity contribution in [2.24, 2.45) is 0 Å². The summed E-state index contributed by atoms with van der Waals surface area (Å²) >= 11 is 2.95. The van der Waals surface area contributed by atoms with E-state index in [1.54, 1.807) is 0 Å². The van der Waals surface area contributed by atoms with E-state index in [4.69, 9.17) is 5.11 Å². The minimum atomic E-state index is -1.23. The number of benzene rings is 1. The first-order valence-electron chi connectivity index (χ1n) is 3.34. The number of hydrogen-bond donors (Lipinski definition) is 1. The van der Waals surface area contributed by atoms with Crippen LogP contribution in [0.2, 0.25) is 0 Å². The summed E-state index contributed by atoms with van der Waals surface area (Å²) in [6.45, 7) is -0.902. The number of aliphatic hydroxyl groups is 1. The second-order valence-corrected chi connectivity index (χ2v) is 3.20. The number of rotatable bonds is 2. The summed E-state index contributed by atoms with van der Waals surface area (Å²) in [5.74, 6) is -0.500. The highest BCUT2D eigenvalue weighted by Gasteiger charge is 2.08. The van der Waals surface area contributed by atoms with Crippen molar-refractivity contribution in [3.63, 3.8) is 0 Å². The average Bonchev–Trinajstić information content (AvgIpc) is 2.08. The maximum Gasteiger partial charge on any atom is 0.137 e. The third-order valence-electron chi connectivity index (χ3n) is 1.47. The van der Waals surface area contributed by atoms with E-state index < -0.39 is 18.6 Å². The molecule has 0 amide bonds. The van der Waals surface area contributed by atoms with Gasteiger partial charge in [0.05, 0.1) is 4.47 Å². The highest BCUT2D eigenvalue weighted by Crippen LogP contribution is 2.20. The summed E-state index contributed by atoms with van der Waals surface area (Å²) in [4.78, 5) is 0. The van der Waals surface area contributed by atoms with Crippen molar-refractivity contribution in [1.82, 2.24) is 0 Å². The van der Waals surface area contributed by atoms with Gasteiger partial charge in [-0.2, -0.15) is 0 Å². The van der Waals surface area contributed by atoms with Crippen LogP contribution in [-0.4, -0.2) is 11.8 Å². The van der Waals surface area contributed by atoms with E-state index in [2.05, 4.69) is 15.9 Å². The van der Waals surface area contributed by atoms with Crippen molar-refractivity contribution in [3.8, 4) is 0 Å². The smallest absolute Gasteiger partial charge is 0.137 e. The van der Waals surface area contributed by atoms with Gasteiger partial charge in [0, 0.05) is 0 Å². The lowest BCUT2D eigenvalue weighted by Gasteiger charge is -2.06. The van der Waals surface area contributed by atoms with Gasteiger partial charge in [0.1, 0.15) is 18.6 Å². The van der Waals surface area contributed by atoms with Crippen molar-refractivity contribution < 1.29 is 13.9 Å². The van der Waals surface area contributed by atoms with Crippen LogP contribution in [-0.2, 0) is 0 Å². The molecule has 0 heterocycles. The van der Waals surface area contributed by atoms with E-state index >= 15 is 0 Å². The van der Waals surface area contributed by atoms with E-state index in [0.29, 0.717) is 4.47 Å². The van der Waals surface area contributed by atoms with Crippen LogP contribution in [0.4, 0.5) is 8.78 Å². The summed E-state index contributed by atoms with van der Waals surface area (Å²) in [6.07, 6.45) is -1.23. The molecule has 1 N–H and O–H groups in total. The van der Waals surface area contributed by atoms with Crippen LogP contribution in [0, 0.1) is 5.82 Å². The zero-order chi connectivity index (χ0) is 9.14. The molecular weight excluding hydrogens is 230 g/mol. The summed E-state index contributed by atoms with van der Waals surface area (Å²) in [6, 6.07) is 4.01. The summed E-state index contributed by atoms with van der Waals surface area (Å²) in [7, 11) is 0. The fraction of sp³-hybridized carbons (Fsp3) is 0.250. The van der Waals surface area contributed by atoms with Gasteiger partial charge in [-0.25, -0.2) is 8.78 Å². The molecule has 0 aromatic heterocycles. The van der Waals surface area contributed by atoms with Gasteiger partial charge in [0.25, 0.3) is 0 Å². The molecule has 0 saturated carbocycles. The molecule has 0 spiro atoms. The van der Waals surface area contributed by atoms with E-state index in [1.165, 1.54) is 12.1 Å². The van der Waals surface area contributed by atoms with Crippen molar-refractivity contribution in [2.45, 2.75) is 6.10 Å². The summed E-state index contributed by atoms with van der Waals surface area (Å²) < 4.78 is 25.0. The van der Waals surface area contributed by atoms with Crippen LogP contribution in [0.15, 0.2) is 22.7 Å². The number of hydrogen-bond acceptors (Lipinski definition) is 1. The molecule has 0 fully saturated rings. The van der Waals surface area contributed by atoms with Gasteiger partial charge in [-0.05, 0) is 33.6 Å². The van der Waals surface area contributed by atoms with Gasteiger partial charge in [0.2, 0.25) is 0 Å². The Morgan fingerprint density at radius 2 is 2.17 bits per heavy atom. The van der Waals surface area contributed by atoms with Gasteiger partial charge < -0.3 is 5.11 Å². The van der Waals surface area contributed by atoms with Gasteiger partial charge >= 0.3 is 0 Å². The van der Waals surface area contributed by atoms with Crippen molar-refractivity contribution in [1.29, 1.82) is 0 Å². The molecular formula is C8H7BrF2O. The Morgan fingerprint density at radius 1 is 1.50 bits per heavy atom. The maximum atomic E-state index is 12.8. The van der Waals surface area contributed by atoms with E-state index in [9.17, 15) is 8.78 Å². The van der Waals surface area contributed by atoms with Crippen molar-refractivity contribution in [2.75, 3.05) is 6.67 Å². The van der Waals surface area contributed by atoms with Crippen LogP contribution in [0.25, 0.3) is 0 Å². The van der Waals surface area contributed by atoms with Crippen LogP contribution in [0.1, 0.15) is 11.7 Å². The molecule has 1 nitrogen and oxygen atoms in total. The standard InChI is InChI=1S/C8H7BrF2O/c9-6-2-1-5(3-7(6)11)8(12)4-10/h1-3,8,12H,4H2. The molecule has 0 aliphatic heterocycles. The minimum absolute atomic E-state index is 0.248. The third-order valence-corrected chi connectivity index (χ3v) is 2.12. The average molecular weight is 237 g/mol. The zero-order valence-electron chi connectivity index (χ0n) is 6.10. The molecule has 0 radical (unpaired) electrons. The van der Waals surface area contributed by atoms with Crippen LogP contribution in [0.3, 0.4) is 0 Å². The molecule has 0 saturated heterocycles. The summed E-state index contributed by atoms with van der Waals surface area (Å²) in [5, 5.41) is 8.99. The number of aliphatic hydroxyl groups excluding tert-OH is 1. The third kappa shape index (κ3) is 2.01. The highest BCUT2D eigenvalue weighted by molar-refractivity contribution is 9.10. The largest absolute Gasteiger partial charge is 0.386 e. The lowest BCUT2D eigenvalue weighted by Crippen LogP contribution is -1.99. The Kier molecular flexibility index (Phi) is 3.17. The van der Waals surface area contributed by atoms with E-state index in [0.717, 1.165) is 6.07 Å². The SMILES string of the molecule is OC(CF)c1ccc(Br)c(F)c1. The quantitative estimate of drug-likeness (QED) is 0.838. The van der Waals surface area contributed by atoms with Gasteiger partial charge in [-0.1, -0.05) is 6.07 Å². The fourth-order valence-electron chi connectivity index (χ4n) is 0.809. The first-order valence-corrected chi connectivity index (χ1v) is 4.13. The van der Waals surface area contributed by atoms with Crippen LogP contribution in [0.5, 0.6) is 0 Å². The predicted molar refractivity (Wildman–Crippen MR) is 45.0 cm³/mol. The van der Waals surface area contributed by atoms with Crippen molar-refractivity contribution >= 4 is 15.9 Å². The highest BCUT2D eigenvalue weighted by atomic mass is 79.9. The second kappa shape index (κ2) is 3.96. The molecule has 0 aliphatic rings. The minimum Gasteiger partial charge on any atom is -0.386 e. The molecule has 1 rings (SSSR count). The predicted octanol–water partition coefficient (Wildman–Crippen LogP) is 2.59. The van der Waals surface area contributed by atoms with Gasteiger partial charge in [-0.15, -0.1) is 0 Å². The first-order chi connectivity index (χ1) is 5.65. The lowest BCUT2D eigenvalue weighted by molar-refractivity contribution is 0.141. The fourth-order valence-corrected chi connectivity index (χ4v) is 1.06. The molecule has 0 bridgehead atoms. The molecule has 1 unspecified atom stereocenters. The van der Waals surface area contributed by atoms with Crippen LogP contribution < -0.4 is 0 Å². The first kappa shape index (κ1) is 9.61. The summed E-state index contributed by atoms with van der Waals surface area (Å²) in [5.41, 5.74) is 0.248.